The predicted molar refractivity (Wildman–Crippen MR) is 122 cm³/mol. The molecule has 4 rings (SSSR count). The zero-order valence-corrected chi connectivity index (χ0v) is 19.2. The van der Waals surface area contributed by atoms with Crippen molar-refractivity contribution in [3.63, 3.8) is 0 Å². The van der Waals surface area contributed by atoms with Crippen LogP contribution in [0.4, 0.5) is 0 Å². The maximum absolute atomic E-state index is 13.1. The number of nitrogens with one attached hydrogen (secondary N) is 1. The maximum Gasteiger partial charge on any atom is 0.253 e. The van der Waals surface area contributed by atoms with Gasteiger partial charge >= 0.3 is 0 Å². The largest absolute Gasteiger partial charge is 0.342 e. The summed E-state index contributed by atoms with van der Waals surface area (Å²) in [6, 6.07) is 6.57. The van der Waals surface area contributed by atoms with Crippen molar-refractivity contribution in [1.82, 2.24) is 15.1 Å². The van der Waals surface area contributed by atoms with Gasteiger partial charge in [-0.25, -0.2) is 0 Å². The van der Waals surface area contributed by atoms with Gasteiger partial charge in [-0.3, -0.25) is 9.59 Å². The van der Waals surface area contributed by atoms with Crippen molar-refractivity contribution in [2.75, 3.05) is 32.7 Å². The number of carbonyl (C=O) groups excluding carboxylic acids is 2. The fourth-order valence-electron chi connectivity index (χ4n) is 4.86. The molecule has 166 valence electrons. The van der Waals surface area contributed by atoms with E-state index in [1.807, 2.05) is 35.8 Å². The molecular weight excluding hydrogens is 398 g/mol. The van der Waals surface area contributed by atoms with E-state index in [1.54, 1.807) is 0 Å². The molecule has 0 bridgehead atoms. The molecule has 0 aromatic heterocycles. The number of aryl methyl sites for hydroxylation is 2. The summed E-state index contributed by atoms with van der Waals surface area (Å²) in [5.41, 5.74) is 2.96. The molecule has 1 N–H and O–H groups in total. The number of piperidine rings is 2. The molecule has 1 aliphatic carbocycles. The van der Waals surface area contributed by atoms with Gasteiger partial charge in [0.1, 0.15) is 0 Å². The highest BCUT2D eigenvalue weighted by atomic mass is 35.5. The fraction of sp³-hybridized carbons (Fsp3) is 0.667. The summed E-state index contributed by atoms with van der Waals surface area (Å²) in [5, 5.41) is 3.68. The molecule has 3 fully saturated rings. The Balaban J connectivity index is 0.00000256. The van der Waals surface area contributed by atoms with E-state index in [0.29, 0.717) is 12.6 Å². The first-order valence-electron chi connectivity index (χ1n) is 11.4. The van der Waals surface area contributed by atoms with Crippen LogP contribution in [-0.2, 0) is 4.79 Å². The standard InChI is InChI=1S/C24H35N3O2.ClH/c1-17-12-18(2)14-21(13-17)24(29)27-9-3-4-20(16-27)23(28)26-10-7-22(8-11-26)25-15-19-5-6-19;/h12-14,19-20,22,25H,3-11,15-16H2,1-2H3;1H. The van der Waals surface area contributed by atoms with Crippen molar-refractivity contribution in [2.24, 2.45) is 11.8 Å². The Morgan fingerprint density at radius 3 is 2.23 bits per heavy atom. The number of halogens is 1. The minimum absolute atomic E-state index is 0. The molecule has 2 aliphatic heterocycles. The van der Waals surface area contributed by atoms with Gasteiger partial charge in [-0.2, -0.15) is 0 Å². The van der Waals surface area contributed by atoms with Gasteiger partial charge in [0.15, 0.2) is 0 Å². The van der Waals surface area contributed by atoms with Crippen LogP contribution in [0.25, 0.3) is 0 Å². The minimum atomic E-state index is -0.0467. The molecule has 6 heteroatoms. The Morgan fingerprint density at radius 1 is 0.933 bits per heavy atom. The SMILES string of the molecule is Cc1cc(C)cc(C(=O)N2CCCC(C(=O)N3CCC(NCC4CC4)CC3)C2)c1.Cl. The van der Waals surface area contributed by atoms with E-state index in [2.05, 4.69) is 11.4 Å². The number of hydrogen-bond donors (Lipinski definition) is 1. The molecule has 1 unspecified atom stereocenters. The van der Waals surface area contributed by atoms with Crippen LogP contribution in [0.2, 0.25) is 0 Å². The number of rotatable bonds is 5. The van der Waals surface area contributed by atoms with Crippen molar-refractivity contribution in [3.8, 4) is 0 Å². The average Bonchev–Trinajstić information content (AvgIpc) is 3.55. The van der Waals surface area contributed by atoms with Gasteiger partial charge in [0.2, 0.25) is 5.91 Å². The molecule has 5 nitrogen and oxygen atoms in total. The van der Waals surface area contributed by atoms with Gasteiger partial charge < -0.3 is 15.1 Å². The zero-order valence-electron chi connectivity index (χ0n) is 18.4. The number of carbonyl (C=O) groups is 2. The van der Waals surface area contributed by atoms with Crippen LogP contribution < -0.4 is 5.32 Å². The zero-order chi connectivity index (χ0) is 20.4. The maximum atomic E-state index is 13.1. The van der Waals surface area contributed by atoms with Crippen LogP contribution in [0.15, 0.2) is 18.2 Å². The second kappa shape index (κ2) is 10.1. The lowest BCUT2D eigenvalue weighted by Gasteiger charge is -2.38. The van der Waals surface area contributed by atoms with Gasteiger partial charge in [0.05, 0.1) is 5.92 Å². The Hall–Kier alpha value is -1.59. The van der Waals surface area contributed by atoms with Crippen LogP contribution in [0.1, 0.15) is 60.0 Å². The first kappa shape index (κ1) is 23.1. The first-order valence-corrected chi connectivity index (χ1v) is 11.4. The number of likely N-dealkylation sites (tertiary alicyclic amines) is 2. The quantitative estimate of drug-likeness (QED) is 0.772. The van der Waals surface area contributed by atoms with Gasteiger partial charge in [0.25, 0.3) is 5.91 Å². The van der Waals surface area contributed by atoms with E-state index in [9.17, 15) is 9.59 Å². The molecule has 2 amide bonds. The second-order valence-electron chi connectivity index (χ2n) is 9.42. The lowest BCUT2D eigenvalue weighted by Crippen LogP contribution is -2.50. The third-order valence-corrected chi connectivity index (χ3v) is 6.73. The number of benzene rings is 1. The molecule has 3 aliphatic rings. The summed E-state index contributed by atoms with van der Waals surface area (Å²) in [4.78, 5) is 30.1. The van der Waals surface area contributed by atoms with Crippen LogP contribution in [0.3, 0.4) is 0 Å². The molecule has 30 heavy (non-hydrogen) atoms. The highest BCUT2D eigenvalue weighted by Crippen LogP contribution is 2.28. The summed E-state index contributed by atoms with van der Waals surface area (Å²) in [6.45, 7) is 8.21. The summed E-state index contributed by atoms with van der Waals surface area (Å²) >= 11 is 0. The van der Waals surface area contributed by atoms with Gasteiger partial charge in [-0.1, -0.05) is 17.2 Å². The lowest BCUT2D eigenvalue weighted by molar-refractivity contribution is -0.138. The third kappa shape index (κ3) is 5.76. The van der Waals surface area contributed by atoms with Crippen molar-refractivity contribution < 1.29 is 9.59 Å². The molecule has 1 atom stereocenters. The molecule has 0 spiro atoms. The molecule has 1 saturated carbocycles. The highest BCUT2D eigenvalue weighted by Gasteiger charge is 2.33. The van der Waals surface area contributed by atoms with E-state index >= 15 is 0 Å². The van der Waals surface area contributed by atoms with Crippen LogP contribution in [0, 0.1) is 25.7 Å². The first-order chi connectivity index (χ1) is 14.0. The monoisotopic (exact) mass is 433 g/mol. The van der Waals surface area contributed by atoms with Crippen molar-refractivity contribution in [1.29, 1.82) is 0 Å². The summed E-state index contributed by atoms with van der Waals surface area (Å²) in [6.07, 6.45) is 6.67. The summed E-state index contributed by atoms with van der Waals surface area (Å²) < 4.78 is 0. The van der Waals surface area contributed by atoms with Gasteiger partial charge in [-0.05, 0) is 77.0 Å². The predicted octanol–water partition coefficient (Wildman–Crippen LogP) is 3.57. The van der Waals surface area contributed by atoms with Crippen LogP contribution in [0.5, 0.6) is 0 Å². The lowest BCUT2D eigenvalue weighted by atomic mass is 9.94. The van der Waals surface area contributed by atoms with E-state index in [-0.39, 0.29) is 30.1 Å². The Bertz CT molecular complexity index is 737. The molecule has 2 heterocycles. The van der Waals surface area contributed by atoms with E-state index in [1.165, 1.54) is 12.8 Å². The van der Waals surface area contributed by atoms with E-state index < -0.39 is 0 Å². The van der Waals surface area contributed by atoms with Crippen molar-refractivity contribution in [3.05, 3.63) is 34.9 Å². The summed E-state index contributed by atoms with van der Waals surface area (Å²) in [7, 11) is 0. The van der Waals surface area contributed by atoms with Crippen molar-refractivity contribution >= 4 is 24.2 Å². The van der Waals surface area contributed by atoms with Crippen LogP contribution in [-0.4, -0.2) is 60.4 Å². The average molecular weight is 434 g/mol. The summed E-state index contributed by atoms with van der Waals surface area (Å²) in [5.74, 6) is 1.17. The number of nitrogens with zero attached hydrogens (tertiary/aromatic N) is 2. The smallest absolute Gasteiger partial charge is 0.253 e. The van der Waals surface area contributed by atoms with Gasteiger partial charge in [0, 0.05) is 37.8 Å². The number of hydrogen-bond acceptors (Lipinski definition) is 3. The Morgan fingerprint density at radius 2 is 1.60 bits per heavy atom. The fourth-order valence-corrected chi connectivity index (χ4v) is 4.86. The van der Waals surface area contributed by atoms with E-state index in [0.717, 1.165) is 74.5 Å². The topological polar surface area (TPSA) is 52.7 Å². The minimum Gasteiger partial charge on any atom is -0.342 e. The number of amides is 2. The Labute approximate surface area is 187 Å². The Kier molecular flexibility index (Phi) is 7.81. The van der Waals surface area contributed by atoms with Crippen LogP contribution >= 0.6 is 12.4 Å². The second-order valence-corrected chi connectivity index (χ2v) is 9.42. The van der Waals surface area contributed by atoms with Crippen molar-refractivity contribution in [2.45, 2.75) is 58.4 Å². The van der Waals surface area contributed by atoms with Gasteiger partial charge in [-0.15, -0.1) is 12.4 Å². The molecule has 2 saturated heterocycles. The highest BCUT2D eigenvalue weighted by molar-refractivity contribution is 5.95. The molecule has 1 aromatic carbocycles. The normalized spacial score (nSPS) is 22.5. The molecule has 1 aromatic rings. The van der Waals surface area contributed by atoms with E-state index in [4.69, 9.17) is 0 Å². The third-order valence-electron chi connectivity index (χ3n) is 6.73. The molecular formula is C24H36ClN3O2. The molecule has 0 radical (unpaired) electrons.